The first-order valence-electron chi connectivity index (χ1n) is 0. The monoisotopic (exact) mass is 478 g/mol. The van der Waals surface area contributed by atoms with Crippen molar-refractivity contribution in [1.29, 1.82) is 0 Å². The Hall–Kier alpha value is 6.35. The van der Waals surface area contributed by atoms with Crippen LogP contribution in [0.1, 0.15) is 0 Å². The van der Waals surface area contributed by atoms with Gasteiger partial charge in [0, 0.05) is 68.9 Å². The predicted octanol–water partition coefficient (Wildman–Crippen LogP) is -1.91. The van der Waals surface area contributed by atoms with Crippen molar-refractivity contribution in [1.82, 2.24) is 0 Å². The molecule has 13 heteroatoms. The van der Waals surface area contributed by atoms with Gasteiger partial charge in [0.25, 0.3) is 0 Å². The Bertz CT molecular complexity index is 28.5. The molecule has 0 heterocycles. The minimum Gasteiger partial charge on any atom is -2.00 e. The second kappa shape index (κ2) is 137. The van der Waals surface area contributed by atoms with Gasteiger partial charge in [0.2, 0.25) is 0 Å². The average Bonchev–Trinajstić information content (AvgIpc) is 0. The summed E-state index contributed by atoms with van der Waals surface area (Å²) in [5.41, 5.74) is 0. The van der Waals surface area contributed by atoms with E-state index in [-0.39, 0.29) is 236 Å². The van der Waals surface area contributed by atoms with Crippen molar-refractivity contribution in [3.8, 4) is 0 Å². The van der Waals surface area contributed by atoms with E-state index in [4.69, 9.17) is 0 Å². The maximum absolute atomic E-state index is 0. The van der Waals surface area contributed by atoms with E-state index in [1.54, 1.807) is 0 Å². The molecule has 0 fully saturated rings. The minimum atomic E-state index is 0. The normalized spacial score (nSPS) is 0. The van der Waals surface area contributed by atoms with Crippen LogP contribution < -0.4 is 0 Å². The van der Waals surface area contributed by atoms with Crippen LogP contribution >= 0.6 is 0 Å². The van der Waals surface area contributed by atoms with Crippen molar-refractivity contribution in [2.24, 2.45) is 0 Å². The first-order valence-corrected chi connectivity index (χ1v) is 0. The molecule has 0 aliphatic carbocycles. The van der Waals surface area contributed by atoms with Gasteiger partial charge in [-0.15, -0.1) is 0 Å². The second-order valence-corrected chi connectivity index (χ2v) is 0. The molecule has 0 aromatic rings. The van der Waals surface area contributed by atoms with Crippen molar-refractivity contribution in [3.63, 3.8) is 0 Å². The van der Waals surface area contributed by atoms with E-state index in [9.17, 15) is 0 Å². The van der Waals surface area contributed by atoms with Crippen LogP contribution in [-0.4, -0.2) is 103 Å². The van der Waals surface area contributed by atoms with E-state index in [2.05, 4.69) is 0 Å². The zero-order valence-electron chi connectivity index (χ0n) is 4.46. The summed E-state index contributed by atoms with van der Waals surface area (Å²) in [6.07, 6.45) is 0. The van der Waals surface area contributed by atoms with Crippen LogP contribution in [0.2, 0.25) is 0 Å². The van der Waals surface area contributed by atoms with Gasteiger partial charge >= 0.3 is 140 Å². The molecular formula is H2Cr2Fe2K2O5V2. The fourth-order valence-electron chi connectivity index (χ4n) is 0. The third-order valence-electron chi connectivity index (χ3n) is 0. The Labute approximate surface area is 230 Å². The van der Waals surface area contributed by atoms with E-state index in [1.807, 2.05) is 0 Å². The Kier molecular flexibility index (Phi) is 1710. The van der Waals surface area contributed by atoms with Crippen LogP contribution in [0.4, 0.5) is 0 Å². The molecule has 0 spiro atoms. The summed E-state index contributed by atoms with van der Waals surface area (Å²) in [5.74, 6) is 0. The average molecular weight is 478 g/mol. The molecule has 0 saturated carbocycles. The molecule has 0 aromatic heterocycles. The molecule has 0 bridgehead atoms. The summed E-state index contributed by atoms with van der Waals surface area (Å²) < 4.78 is 0. The zero-order chi connectivity index (χ0) is 0. The quantitative estimate of drug-likeness (QED) is 0.359. The molecule has 13 heavy (non-hydrogen) atoms. The van der Waals surface area contributed by atoms with Crippen LogP contribution in [-0.2, 0) is 133 Å². The van der Waals surface area contributed by atoms with E-state index >= 15 is 0 Å². The summed E-state index contributed by atoms with van der Waals surface area (Å²) in [4.78, 5) is 0. The summed E-state index contributed by atoms with van der Waals surface area (Å²) in [6, 6.07) is 0. The zero-order valence-corrected chi connectivity index (χ0v) is 12.0. The Balaban J connectivity index is 0. The second-order valence-electron chi connectivity index (χ2n) is 0. The van der Waals surface area contributed by atoms with Crippen LogP contribution in [0.25, 0.3) is 0 Å². The first kappa shape index (κ1) is 162. The van der Waals surface area contributed by atoms with Gasteiger partial charge in [-0.1, -0.05) is 0 Å². The minimum absolute atomic E-state index is 0. The van der Waals surface area contributed by atoms with Gasteiger partial charge in [-0.05, 0) is 0 Å². The van der Waals surface area contributed by atoms with Crippen molar-refractivity contribution in [2.45, 2.75) is 0 Å². The van der Waals surface area contributed by atoms with Gasteiger partial charge in [0.05, 0.1) is 0 Å². The van der Waals surface area contributed by atoms with Gasteiger partial charge in [-0.3, -0.25) is 0 Å². The topological polar surface area (TPSA) is 142 Å². The molecule has 0 radical (unpaired) electrons. The summed E-state index contributed by atoms with van der Waals surface area (Å²) >= 11 is 0. The smallest absolute Gasteiger partial charge is 2.00 e. The molecule has 0 aliphatic heterocycles. The standard InChI is InChI=1S/2Cr.2Fe.2K.5O.2V.2H/q;;;;;;5*-2;2*+5;;. The molecule has 0 atom stereocenters. The molecule has 0 unspecified atom stereocenters. The Morgan fingerprint density at radius 1 is 0.385 bits per heavy atom. The van der Waals surface area contributed by atoms with E-state index in [0.29, 0.717) is 0 Å². The largest absolute Gasteiger partial charge is 5.00 e. The van der Waals surface area contributed by atoms with Gasteiger partial charge < -0.3 is 27.4 Å². The van der Waals surface area contributed by atoms with Gasteiger partial charge in [-0.2, -0.15) is 0 Å². The molecule has 0 saturated heterocycles. The molecule has 72 valence electrons. The summed E-state index contributed by atoms with van der Waals surface area (Å²) in [7, 11) is 0. The van der Waals surface area contributed by atoms with Crippen LogP contribution in [0.5, 0.6) is 0 Å². The molecule has 0 aliphatic rings. The Morgan fingerprint density at radius 3 is 0.385 bits per heavy atom. The first-order chi connectivity index (χ1) is 0. The van der Waals surface area contributed by atoms with Crippen LogP contribution in [0, 0.1) is 0 Å². The maximum atomic E-state index is 0. The van der Waals surface area contributed by atoms with Crippen molar-refractivity contribution < 1.29 is 133 Å². The fraction of sp³-hybridized carbons (Fsp3) is 0. The maximum Gasteiger partial charge on any atom is 5.00 e. The SMILES string of the molecule is [Cr].[Cr].[Fe].[Fe].[KH].[KH].[O-2].[O-2].[O-2].[O-2].[O-2].[V+5].[V+5]. The number of rotatable bonds is 0. The van der Waals surface area contributed by atoms with E-state index < -0.39 is 0 Å². The van der Waals surface area contributed by atoms with E-state index in [0.717, 1.165) is 0 Å². The number of hydrogen-bond acceptors (Lipinski definition) is 0. The van der Waals surface area contributed by atoms with E-state index in [1.165, 1.54) is 0 Å². The van der Waals surface area contributed by atoms with Crippen molar-refractivity contribution in [2.75, 3.05) is 0 Å². The third-order valence-corrected chi connectivity index (χ3v) is 0. The molecular weight excluding hydrogens is 476 g/mol. The van der Waals surface area contributed by atoms with Gasteiger partial charge in [-0.25, -0.2) is 0 Å². The summed E-state index contributed by atoms with van der Waals surface area (Å²) in [6.45, 7) is 0. The molecule has 5 nitrogen and oxygen atoms in total. The predicted molar refractivity (Wildman–Crippen MR) is 17.7 cm³/mol. The van der Waals surface area contributed by atoms with Gasteiger partial charge in [0.1, 0.15) is 0 Å². The fourth-order valence-corrected chi connectivity index (χ4v) is 0. The van der Waals surface area contributed by atoms with Crippen molar-refractivity contribution >= 4 is 103 Å². The molecule has 0 aromatic carbocycles. The van der Waals surface area contributed by atoms with Crippen LogP contribution in [0.15, 0.2) is 0 Å². The summed E-state index contributed by atoms with van der Waals surface area (Å²) in [5, 5.41) is 0. The molecule has 0 N–H and O–H groups in total. The van der Waals surface area contributed by atoms with Gasteiger partial charge in [0.15, 0.2) is 0 Å². The van der Waals surface area contributed by atoms with Crippen LogP contribution in [0.3, 0.4) is 0 Å². The molecule has 0 amide bonds. The third kappa shape index (κ3) is 122. The Morgan fingerprint density at radius 2 is 0.385 bits per heavy atom. The molecule has 0 rings (SSSR count). The van der Waals surface area contributed by atoms with Crippen molar-refractivity contribution in [3.05, 3.63) is 0 Å². The number of hydrogen-bond donors (Lipinski definition) is 0.